The minimum Gasteiger partial charge on any atom is -0.495 e. The largest absolute Gasteiger partial charge is 0.495 e. The van der Waals surface area contributed by atoms with Crippen molar-refractivity contribution in [2.75, 3.05) is 30.8 Å². The Morgan fingerprint density at radius 2 is 1.91 bits per heavy atom. The third-order valence-corrected chi connectivity index (χ3v) is 8.18. The Morgan fingerprint density at radius 1 is 1.11 bits per heavy atom. The van der Waals surface area contributed by atoms with Gasteiger partial charge in [0.25, 0.3) is 0 Å². The fourth-order valence-electron chi connectivity index (χ4n) is 3.71. The molecule has 3 aromatic rings. The van der Waals surface area contributed by atoms with Gasteiger partial charge in [-0.25, -0.2) is 13.4 Å². The van der Waals surface area contributed by atoms with E-state index in [9.17, 15) is 8.42 Å². The van der Waals surface area contributed by atoms with Crippen LogP contribution in [0.15, 0.2) is 59.6 Å². The topological polar surface area (TPSA) is 105 Å². The first kappa shape index (κ1) is 25.0. The van der Waals surface area contributed by atoms with E-state index in [1.807, 2.05) is 18.2 Å². The van der Waals surface area contributed by atoms with Gasteiger partial charge in [-0.1, -0.05) is 35.9 Å². The number of hydrogen-bond acceptors (Lipinski definition) is 8. The van der Waals surface area contributed by atoms with Gasteiger partial charge in [0.05, 0.1) is 34.8 Å². The number of anilines is 4. The lowest BCUT2D eigenvalue weighted by Crippen LogP contribution is -2.20. The number of benzene rings is 2. The van der Waals surface area contributed by atoms with Gasteiger partial charge < -0.3 is 20.7 Å². The Hall–Kier alpha value is -3.14. The molecule has 0 saturated carbocycles. The Labute approximate surface area is 210 Å². The third-order valence-electron chi connectivity index (χ3n) is 5.69. The molecule has 1 aromatic heterocycles. The molecule has 0 bridgehead atoms. The van der Waals surface area contributed by atoms with Crippen molar-refractivity contribution in [1.82, 2.24) is 15.3 Å². The smallest absolute Gasteiger partial charge is 0.229 e. The molecule has 1 aliphatic heterocycles. The van der Waals surface area contributed by atoms with Gasteiger partial charge in [-0.2, -0.15) is 4.98 Å². The van der Waals surface area contributed by atoms with Crippen LogP contribution in [0, 0.1) is 0 Å². The number of hydrogen-bond donors (Lipinski definition) is 3. The third kappa shape index (κ3) is 5.58. The summed E-state index contributed by atoms with van der Waals surface area (Å²) in [6.07, 6.45) is 4.60. The molecule has 8 nitrogen and oxygen atoms in total. The number of nitrogens with one attached hydrogen (secondary N) is 3. The Morgan fingerprint density at radius 3 is 2.63 bits per heavy atom. The van der Waals surface area contributed by atoms with E-state index in [2.05, 4.69) is 32.0 Å². The average Bonchev–Trinajstić information content (AvgIpc) is 2.87. The molecule has 10 heteroatoms. The van der Waals surface area contributed by atoms with Crippen molar-refractivity contribution in [3.63, 3.8) is 0 Å². The molecule has 35 heavy (non-hydrogen) atoms. The predicted octanol–water partition coefficient (Wildman–Crippen LogP) is 5.18. The second-order valence-corrected chi connectivity index (χ2v) is 11.2. The molecular weight excluding hydrogens is 486 g/mol. The van der Waals surface area contributed by atoms with Crippen molar-refractivity contribution in [3.05, 3.63) is 65.3 Å². The molecule has 0 radical (unpaired) electrons. The van der Waals surface area contributed by atoms with E-state index in [1.54, 1.807) is 45.2 Å². The fourth-order valence-corrected chi connectivity index (χ4v) is 5.05. The van der Waals surface area contributed by atoms with Crippen LogP contribution in [0.2, 0.25) is 5.02 Å². The molecule has 1 aliphatic rings. The molecule has 0 atom stereocenters. The van der Waals surface area contributed by atoms with Gasteiger partial charge in [0.2, 0.25) is 5.95 Å². The zero-order valence-corrected chi connectivity index (χ0v) is 21.4. The predicted molar refractivity (Wildman–Crippen MR) is 141 cm³/mol. The molecule has 3 N–H and O–H groups in total. The highest BCUT2D eigenvalue weighted by Gasteiger charge is 2.23. The van der Waals surface area contributed by atoms with Crippen LogP contribution < -0.4 is 20.7 Å². The zero-order valence-electron chi connectivity index (χ0n) is 19.8. The Balaban J connectivity index is 1.61. The zero-order chi connectivity index (χ0) is 25.0. The number of halogens is 1. The van der Waals surface area contributed by atoms with Crippen LogP contribution in [0.4, 0.5) is 23.1 Å². The van der Waals surface area contributed by atoms with Crippen molar-refractivity contribution in [2.45, 2.75) is 30.4 Å². The summed E-state index contributed by atoms with van der Waals surface area (Å²) in [6.45, 7) is 5.09. The molecule has 0 amide bonds. The summed E-state index contributed by atoms with van der Waals surface area (Å²) >= 11 is 6.34. The maximum absolute atomic E-state index is 12.8. The summed E-state index contributed by atoms with van der Waals surface area (Å²) in [4.78, 5) is 8.94. The number of aromatic nitrogens is 2. The van der Waals surface area contributed by atoms with Crippen LogP contribution >= 0.6 is 11.6 Å². The summed E-state index contributed by atoms with van der Waals surface area (Å²) in [5.41, 5.74) is 3.47. The Kier molecular flexibility index (Phi) is 7.59. The van der Waals surface area contributed by atoms with Crippen LogP contribution in [0.5, 0.6) is 5.75 Å². The van der Waals surface area contributed by atoms with Gasteiger partial charge in [-0.05, 0) is 62.2 Å². The van der Waals surface area contributed by atoms with Crippen LogP contribution in [-0.2, 0) is 9.84 Å². The van der Waals surface area contributed by atoms with E-state index in [0.717, 1.165) is 25.1 Å². The standard InChI is InChI=1S/C25H28ClN5O3S/c1-16(2)35(32,33)23-7-5-4-6-21(23)29-24-19(26)15-28-25(31-24)30-20-9-8-18(14-22(20)34-3)17-10-12-27-13-11-17/h4-10,14-16,27H,11-13H2,1-3H3,(H2,28,29,30,31). The Bertz CT molecular complexity index is 1360. The second-order valence-electron chi connectivity index (χ2n) is 8.33. The maximum Gasteiger partial charge on any atom is 0.229 e. The van der Waals surface area contributed by atoms with Crippen LogP contribution in [0.3, 0.4) is 0 Å². The normalized spacial score (nSPS) is 13.9. The molecule has 0 aliphatic carbocycles. The van der Waals surface area contributed by atoms with E-state index >= 15 is 0 Å². The van der Waals surface area contributed by atoms with Crippen molar-refractivity contribution in [2.24, 2.45) is 0 Å². The number of ether oxygens (including phenoxy) is 1. The van der Waals surface area contributed by atoms with Gasteiger partial charge in [-0.3, -0.25) is 0 Å². The number of methoxy groups -OCH3 is 1. The molecular formula is C25H28ClN5O3S. The van der Waals surface area contributed by atoms with Crippen LogP contribution in [0.25, 0.3) is 5.57 Å². The number of rotatable bonds is 8. The molecule has 2 aromatic carbocycles. The van der Waals surface area contributed by atoms with Gasteiger partial charge >= 0.3 is 0 Å². The second kappa shape index (κ2) is 10.6. The lowest BCUT2D eigenvalue weighted by molar-refractivity contribution is 0.416. The molecule has 184 valence electrons. The van der Waals surface area contributed by atoms with Gasteiger partial charge in [-0.15, -0.1) is 0 Å². The van der Waals surface area contributed by atoms with Crippen molar-refractivity contribution < 1.29 is 13.2 Å². The first-order valence-corrected chi connectivity index (χ1v) is 13.2. The minimum absolute atomic E-state index is 0.184. The first-order valence-electron chi connectivity index (χ1n) is 11.3. The molecule has 0 saturated heterocycles. The number of nitrogens with zero attached hydrogens (tertiary/aromatic N) is 2. The van der Waals surface area contributed by atoms with Crippen LogP contribution in [-0.4, -0.2) is 43.8 Å². The quantitative estimate of drug-likeness (QED) is 0.378. The highest BCUT2D eigenvalue weighted by molar-refractivity contribution is 7.92. The highest BCUT2D eigenvalue weighted by Crippen LogP contribution is 2.33. The molecule has 4 rings (SSSR count). The number of sulfone groups is 1. The summed E-state index contributed by atoms with van der Waals surface area (Å²) in [5, 5.41) is 9.24. The van der Waals surface area contributed by atoms with Gasteiger partial charge in [0.15, 0.2) is 15.7 Å². The average molecular weight is 514 g/mol. The summed E-state index contributed by atoms with van der Waals surface area (Å²) in [6, 6.07) is 12.6. The van der Waals surface area contributed by atoms with E-state index in [-0.39, 0.29) is 21.7 Å². The molecule has 2 heterocycles. The SMILES string of the molecule is COc1cc(C2=CCNCC2)ccc1Nc1ncc(Cl)c(Nc2ccccc2S(=O)(=O)C(C)C)n1. The van der Waals surface area contributed by atoms with Gasteiger partial charge in [0.1, 0.15) is 10.8 Å². The fraction of sp³-hybridized carbons (Fsp3) is 0.280. The minimum atomic E-state index is -3.51. The molecule has 0 spiro atoms. The summed E-state index contributed by atoms with van der Waals surface area (Å²) in [5.74, 6) is 1.22. The van der Waals surface area contributed by atoms with Crippen LogP contribution in [0.1, 0.15) is 25.8 Å². The van der Waals surface area contributed by atoms with E-state index < -0.39 is 15.1 Å². The maximum atomic E-state index is 12.8. The monoisotopic (exact) mass is 513 g/mol. The lowest BCUT2D eigenvalue weighted by atomic mass is 9.99. The molecule has 0 fully saturated rings. The first-order chi connectivity index (χ1) is 16.8. The van der Waals surface area contributed by atoms with E-state index in [4.69, 9.17) is 16.3 Å². The summed E-state index contributed by atoms with van der Waals surface area (Å²) < 4.78 is 31.2. The lowest BCUT2D eigenvalue weighted by Gasteiger charge is -2.17. The van der Waals surface area contributed by atoms with Crippen molar-refractivity contribution >= 4 is 50.2 Å². The highest BCUT2D eigenvalue weighted by atomic mass is 35.5. The van der Waals surface area contributed by atoms with E-state index in [1.165, 1.54) is 11.8 Å². The molecule has 0 unspecified atom stereocenters. The van der Waals surface area contributed by atoms with Gasteiger partial charge in [0, 0.05) is 6.54 Å². The summed E-state index contributed by atoms with van der Waals surface area (Å²) in [7, 11) is -1.90. The van der Waals surface area contributed by atoms with Crippen molar-refractivity contribution in [3.8, 4) is 5.75 Å². The van der Waals surface area contributed by atoms with E-state index in [0.29, 0.717) is 17.1 Å². The number of para-hydroxylation sites is 1. The van der Waals surface area contributed by atoms with Crippen molar-refractivity contribution in [1.29, 1.82) is 0 Å².